The smallest absolute Gasteiger partial charge is 0.0504 e. The molecule has 136 valence electrons. The van der Waals surface area contributed by atoms with Gasteiger partial charge < -0.3 is 10.6 Å². The topological polar surface area (TPSA) is 24.1 Å². The van der Waals surface area contributed by atoms with Gasteiger partial charge >= 0.3 is 0 Å². The predicted molar refractivity (Wildman–Crippen MR) is 114 cm³/mol. The lowest BCUT2D eigenvalue weighted by Crippen LogP contribution is -2.42. The molecule has 0 saturated carbocycles. The van der Waals surface area contributed by atoms with Gasteiger partial charge in [-0.3, -0.25) is 0 Å². The van der Waals surface area contributed by atoms with E-state index in [0.717, 1.165) is 22.9 Å². The highest BCUT2D eigenvalue weighted by Gasteiger charge is 2.35. The first kappa shape index (κ1) is 17.0. The number of rotatable bonds is 2. The van der Waals surface area contributed by atoms with Gasteiger partial charge in [-0.05, 0) is 65.9 Å². The van der Waals surface area contributed by atoms with E-state index in [-0.39, 0.29) is 0 Å². The number of fused-ring (bicyclic) bond motifs is 2. The van der Waals surface area contributed by atoms with Crippen LogP contribution in [-0.2, 0) is 6.42 Å². The first-order valence-electron chi connectivity index (χ1n) is 9.33. The molecular weight excluding hydrogens is 375 g/mol. The molecule has 3 aromatic rings. The molecule has 2 nitrogen and oxygen atoms in total. The van der Waals surface area contributed by atoms with Crippen LogP contribution in [0.5, 0.6) is 0 Å². The van der Waals surface area contributed by atoms with Crippen LogP contribution < -0.4 is 10.6 Å². The summed E-state index contributed by atoms with van der Waals surface area (Å²) in [5.41, 5.74) is 6.37. The fourth-order valence-corrected chi connectivity index (χ4v) is 4.74. The SMILES string of the molecule is Clc1ccc([C@@H]2C[C@H](C3Cc4ccccc4N3)Nc3ccc(Cl)cc32)cc1. The second kappa shape index (κ2) is 6.78. The lowest BCUT2D eigenvalue weighted by molar-refractivity contribution is 0.516. The Bertz CT molecular complexity index is 959. The fraction of sp³-hybridized carbons (Fsp3) is 0.217. The number of halogens is 2. The molecule has 0 fully saturated rings. The Balaban J connectivity index is 1.50. The van der Waals surface area contributed by atoms with E-state index in [1.165, 1.54) is 28.1 Å². The molecule has 0 aliphatic carbocycles. The fourth-order valence-electron chi connectivity index (χ4n) is 4.44. The van der Waals surface area contributed by atoms with Crippen molar-refractivity contribution < 1.29 is 0 Å². The zero-order valence-electron chi connectivity index (χ0n) is 14.8. The lowest BCUT2D eigenvalue weighted by atomic mass is 9.80. The third-order valence-electron chi connectivity index (χ3n) is 5.78. The maximum absolute atomic E-state index is 6.32. The van der Waals surface area contributed by atoms with Gasteiger partial charge in [0.05, 0.1) is 6.04 Å². The zero-order chi connectivity index (χ0) is 18.4. The van der Waals surface area contributed by atoms with Gasteiger partial charge in [-0.15, -0.1) is 0 Å². The summed E-state index contributed by atoms with van der Waals surface area (Å²) in [4.78, 5) is 0. The van der Waals surface area contributed by atoms with E-state index in [0.29, 0.717) is 18.0 Å². The Hall–Kier alpha value is -2.16. The van der Waals surface area contributed by atoms with Gasteiger partial charge in [0.25, 0.3) is 0 Å². The van der Waals surface area contributed by atoms with Crippen molar-refractivity contribution in [2.24, 2.45) is 0 Å². The standard InChI is InChI=1S/C23H20Cl2N2/c24-16-7-5-14(6-8-16)18-13-23(27-21-10-9-17(25)12-19(18)21)22-11-15-3-1-2-4-20(15)26-22/h1-10,12,18,22-23,26-27H,11,13H2/t18-,22?,23+/m0/s1. The number of hydrogen-bond donors (Lipinski definition) is 2. The first-order chi connectivity index (χ1) is 13.2. The van der Waals surface area contributed by atoms with Crippen LogP contribution in [0, 0.1) is 0 Å². The summed E-state index contributed by atoms with van der Waals surface area (Å²) in [6.45, 7) is 0. The van der Waals surface area contributed by atoms with E-state index < -0.39 is 0 Å². The van der Waals surface area contributed by atoms with Crippen molar-refractivity contribution in [2.75, 3.05) is 10.6 Å². The molecule has 0 saturated heterocycles. The van der Waals surface area contributed by atoms with Crippen molar-refractivity contribution in [1.29, 1.82) is 0 Å². The number of nitrogens with one attached hydrogen (secondary N) is 2. The molecule has 4 heteroatoms. The minimum Gasteiger partial charge on any atom is -0.380 e. The number of anilines is 2. The molecule has 0 aromatic heterocycles. The molecule has 0 bridgehead atoms. The third-order valence-corrected chi connectivity index (χ3v) is 6.26. The average molecular weight is 395 g/mol. The third kappa shape index (κ3) is 3.18. The van der Waals surface area contributed by atoms with Crippen molar-refractivity contribution in [2.45, 2.75) is 30.8 Å². The summed E-state index contributed by atoms with van der Waals surface area (Å²) in [6, 6.07) is 23.7. The van der Waals surface area contributed by atoms with E-state index in [1.54, 1.807) is 0 Å². The van der Waals surface area contributed by atoms with Gasteiger partial charge in [0.1, 0.15) is 0 Å². The van der Waals surface area contributed by atoms with Crippen LogP contribution in [0.3, 0.4) is 0 Å². The molecule has 3 atom stereocenters. The van der Waals surface area contributed by atoms with E-state index in [4.69, 9.17) is 23.2 Å². The van der Waals surface area contributed by atoms with E-state index in [9.17, 15) is 0 Å². The lowest BCUT2D eigenvalue weighted by Gasteiger charge is -2.37. The minimum atomic E-state index is 0.299. The van der Waals surface area contributed by atoms with Gasteiger partial charge in [-0.25, -0.2) is 0 Å². The number of benzene rings is 3. The summed E-state index contributed by atoms with van der Waals surface area (Å²) in [7, 11) is 0. The predicted octanol–water partition coefficient (Wildman–Crippen LogP) is 6.35. The zero-order valence-corrected chi connectivity index (χ0v) is 16.3. The molecule has 27 heavy (non-hydrogen) atoms. The largest absolute Gasteiger partial charge is 0.380 e. The molecule has 0 amide bonds. The highest BCUT2D eigenvalue weighted by atomic mass is 35.5. The van der Waals surface area contributed by atoms with Crippen molar-refractivity contribution in [3.8, 4) is 0 Å². The van der Waals surface area contributed by atoms with Crippen LogP contribution in [0.1, 0.15) is 29.0 Å². The molecule has 5 rings (SSSR count). The maximum Gasteiger partial charge on any atom is 0.0504 e. The van der Waals surface area contributed by atoms with E-state index >= 15 is 0 Å². The number of hydrogen-bond acceptors (Lipinski definition) is 2. The molecule has 2 aliphatic heterocycles. The maximum atomic E-state index is 6.32. The minimum absolute atomic E-state index is 0.299. The van der Waals surface area contributed by atoms with Gasteiger partial charge in [0.2, 0.25) is 0 Å². The van der Waals surface area contributed by atoms with Gasteiger partial charge in [-0.2, -0.15) is 0 Å². The van der Waals surface area contributed by atoms with Crippen LogP contribution in [-0.4, -0.2) is 12.1 Å². The average Bonchev–Trinajstić information content (AvgIpc) is 3.12. The van der Waals surface area contributed by atoms with Crippen molar-refractivity contribution in [3.05, 3.63) is 93.5 Å². The molecule has 3 aromatic carbocycles. The second-order valence-electron chi connectivity index (χ2n) is 7.43. The van der Waals surface area contributed by atoms with E-state index in [2.05, 4.69) is 59.2 Å². The van der Waals surface area contributed by atoms with Crippen LogP contribution in [0.15, 0.2) is 66.7 Å². The van der Waals surface area contributed by atoms with Gasteiger partial charge in [0.15, 0.2) is 0 Å². The highest BCUT2D eigenvalue weighted by molar-refractivity contribution is 6.31. The molecular formula is C23H20Cl2N2. The normalized spacial score (nSPS) is 23.1. The van der Waals surface area contributed by atoms with Crippen molar-refractivity contribution in [1.82, 2.24) is 0 Å². The Morgan fingerprint density at radius 3 is 2.30 bits per heavy atom. The Morgan fingerprint density at radius 1 is 0.741 bits per heavy atom. The molecule has 2 N–H and O–H groups in total. The van der Waals surface area contributed by atoms with Crippen LogP contribution >= 0.6 is 23.2 Å². The Labute approximate surface area is 169 Å². The van der Waals surface area contributed by atoms with Crippen LogP contribution in [0.4, 0.5) is 11.4 Å². The van der Waals surface area contributed by atoms with Crippen molar-refractivity contribution >= 4 is 34.6 Å². The molecule has 0 spiro atoms. The summed E-state index contributed by atoms with van der Waals surface area (Å²) in [5, 5.41) is 9.03. The second-order valence-corrected chi connectivity index (χ2v) is 8.31. The monoisotopic (exact) mass is 394 g/mol. The summed E-state index contributed by atoms with van der Waals surface area (Å²) < 4.78 is 0. The van der Waals surface area contributed by atoms with Crippen LogP contribution in [0.25, 0.3) is 0 Å². The molecule has 1 unspecified atom stereocenters. The molecule has 2 aliphatic rings. The van der Waals surface area contributed by atoms with Crippen LogP contribution in [0.2, 0.25) is 10.0 Å². The molecule has 0 radical (unpaired) electrons. The first-order valence-corrected chi connectivity index (χ1v) is 10.1. The van der Waals surface area contributed by atoms with Gasteiger partial charge in [-0.1, -0.05) is 53.5 Å². The Kier molecular flexibility index (Phi) is 4.26. The summed E-state index contributed by atoms with van der Waals surface area (Å²) in [5.74, 6) is 0.299. The molecule has 2 heterocycles. The summed E-state index contributed by atoms with van der Waals surface area (Å²) >= 11 is 12.4. The van der Waals surface area contributed by atoms with Gasteiger partial charge in [0, 0.05) is 33.4 Å². The highest BCUT2D eigenvalue weighted by Crippen LogP contribution is 2.42. The van der Waals surface area contributed by atoms with E-state index in [1.807, 2.05) is 18.2 Å². The summed E-state index contributed by atoms with van der Waals surface area (Å²) in [6.07, 6.45) is 2.06. The quantitative estimate of drug-likeness (QED) is 0.529. The Morgan fingerprint density at radius 2 is 1.48 bits per heavy atom. The number of para-hydroxylation sites is 1. The van der Waals surface area contributed by atoms with Crippen molar-refractivity contribution in [3.63, 3.8) is 0 Å².